The summed E-state index contributed by atoms with van der Waals surface area (Å²) in [6, 6.07) is 4.84. The van der Waals surface area contributed by atoms with E-state index in [9.17, 15) is 4.39 Å². The van der Waals surface area contributed by atoms with Crippen molar-refractivity contribution in [3.63, 3.8) is 0 Å². The fourth-order valence-corrected chi connectivity index (χ4v) is 2.63. The molecule has 0 bridgehead atoms. The third-order valence-electron chi connectivity index (χ3n) is 2.25. The molecule has 0 radical (unpaired) electrons. The number of phenols is 1. The summed E-state index contributed by atoms with van der Waals surface area (Å²) in [4.78, 5) is 0. The highest BCUT2D eigenvalue weighted by Gasteiger charge is 2.15. The van der Waals surface area contributed by atoms with Crippen LogP contribution in [-0.4, -0.2) is 22.7 Å². The monoisotopic (exact) mass is 213 g/mol. The molecule has 4 heteroatoms. The first-order valence-electron chi connectivity index (χ1n) is 4.58. The minimum Gasteiger partial charge on any atom is -0.505 e. The molecule has 14 heavy (non-hydrogen) atoms. The van der Waals surface area contributed by atoms with Gasteiger partial charge in [0.15, 0.2) is 11.6 Å². The van der Waals surface area contributed by atoms with E-state index in [0.717, 1.165) is 23.6 Å². The van der Waals surface area contributed by atoms with Crippen molar-refractivity contribution in [1.29, 1.82) is 0 Å². The minimum absolute atomic E-state index is 0.295. The van der Waals surface area contributed by atoms with Gasteiger partial charge in [-0.2, -0.15) is 11.8 Å². The predicted molar refractivity (Wildman–Crippen MR) is 57.4 cm³/mol. The van der Waals surface area contributed by atoms with Crippen LogP contribution in [0.4, 0.5) is 10.1 Å². The van der Waals surface area contributed by atoms with Gasteiger partial charge in [-0.1, -0.05) is 0 Å². The summed E-state index contributed by atoms with van der Waals surface area (Å²) in [6.45, 7) is 0. The lowest BCUT2D eigenvalue weighted by Gasteiger charge is -2.12. The topological polar surface area (TPSA) is 32.3 Å². The van der Waals surface area contributed by atoms with Crippen molar-refractivity contribution < 1.29 is 9.50 Å². The smallest absolute Gasteiger partial charge is 0.166 e. The van der Waals surface area contributed by atoms with Crippen LogP contribution in [0.15, 0.2) is 18.2 Å². The summed E-state index contributed by atoms with van der Waals surface area (Å²) in [7, 11) is 0. The summed E-state index contributed by atoms with van der Waals surface area (Å²) >= 11 is 1.90. The van der Waals surface area contributed by atoms with Crippen molar-refractivity contribution in [2.45, 2.75) is 12.5 Å². The zero-order valence-corrected chi connectivity index (χ0v) is 8.48. The van der Waals surface area contributed by atoms with Crippen LogP contribution >= 0.6 is 11.8 Å². The van der Waals surface area contributed by atoms with Crippen LogP contribution in [0.3, 0.4) is 0 Å². The van der Waals surface area contributed by atoms with E-state index in [2.05, 4.69) is 5.32 Å². The van der Waals surface area contributed by atoms with Crippen molar-refractivity contribution in [2.75, 3.05) is 16.8 Å². The van der Waals surface area contributed by atoms with Crippen molar-refractivity contribution >= 4 is 17.4 Å². The van der Waals surface area contributed by atoms with Crippen LogP contribution in [0.1, 0.15) is 6.42 Å². The second kappa shape index (κ2) is 4.09. The molecule has 1 aliphatic heterocycles. The number of halogens is 1. The van der Waals surface area contributed by atoms with Gasteiger partial charge in [0.05, 0.1) is 0 Å². The summed E-state index contributed by atoms with van der Waals surface area (Å²) in [5, 5.41) is 12.2. The van der Waals surface area contributed by atoms with Crippen LogP contribution in [0, 0.1) is 5.82 Å². The first-order valence-corrected chi connectivity index (χ1v) is 5.74. The average Bonchev–Trinajstić information content (AvgIpc) is 2.64. The van der Waals surface area contributed by atoms with Crippen LogP contribution < -0.4 is 5.32 Å². The molecule has 2 rings (SSSR count). The van der Waals surface area contributed by atoms with Crippen molar-refractivity contribution in [3.8, 4) is 5.75 Å². The molecular formula is C10H12FNOS. The molecule has 0 amide bonds. The lowest BCUT2D eigenvalue weighted by molar-refractivity contribution is 0.432. The maximum Gasteiger partial charge on any atom is 0.166 e. The number of aromatic hydroxyl groups is 1. The van der Waals surface area contributed by atoms with Crippen molar-refractivity contribution in [2.24, 2.45) is 0 Å². The molecule has 1 aromatic carbocycles. The molecule has 1 saturated heterocycles. The quantitative estimate of drug-likeness (QED) is 0.740. The molecule has 1 heterocycles. The molecular weight excluding hydrogens is 201 g/mol. The first kappa shape index (κ1) is 9.65. The number of phenolic OH excluding ortho intramolecular Hbond substituents is 1. The summed E-state index contributed by atoms with van der Waals surface area (Å²) in [5.74, 6) is 1.37. The molecule has 1 aliphatic rings. The van der Waals surface area contributed by atoms with E-state index in [-0.39, 0.29) is 5.75 Å². The molecule has 2 nitrogen and oxygen atoms in total. The SMILES string of the molecule is Oc1ccc(NC2CCSC2)cc1F. The first-order chi connectivity index (χ1) is 6.75. The van der Waals surface area contributed by atoms with Gasteiger partial charge in [0.25, 0.3) is 0 Å². The fourth-order valence-electron chi connectivity index (χ4n) is 1.48. The summed E-state index contributed by atoms with van der Waals surface area (Å²) < 4.78 is 13.0. The number of rotatable bonds is 2. The van der Waals surface area contributed by atoms with E-state index in [1.807, 2.05) is 11.8 Å². The molecule has 0 aromatic heterocycles. The molecule has 76 valence electrons. The third-order valence-corrected chi connectivity index (χ3v) is 3.41. The van der Waals surface area contributed by atoms with Gasteiger partial charge in [0.1, 0.15) is 0 Å². The van der Waals surface area contributed by atoms with E-state index in [0.29, 0.717) is 6.04 Å². The lowest BCUT2D eigenvalue weighted by Crippen LogP contribution is -2.17. The Morgan fingerprint density at radius 1 is 1.50 bits per heavy atom. The van der Waals surface area contributed by atoms with Gasteiger partial charge in [-0.3, -0.25) is 0 Å². The van der Waals surface area contributed by atoms with Gasteiger partial charge < -0.3 is 10.4 Å². The van der Waals surface area contributed by atoms with Crippen molar-refractivity contribution in [3.05, 3.63) is 24.0 Å². The second-order valence-electron chi connectivity index (χ2n) is 3.37. The summed E-state index contributed by atoms with van der Waals surface area (Å²) in [5.41, 5.74) is 0.743. The number of nitrogens with one attached hydrogen (secondary N) is 1. The number of thioether (sulfide) groups is 1. The standard InChI is InChI=1S/C10H12FNOS/c11-9-5-7(1-2-10(9)13)12-8-3-4-14-6-8/h1-2,5,8,12-13H,3-4,6H2. The van der Waals surface area contributed by atoms with Gasteiger partial charge in [-0.15, -0.1) is 0 Å². The van der Waals surface area contributed by atoms with Crippen LogP contribution in [0.25, 0.3) is 0 Å². The molecule has 1 fully saturated rings. The molecule has 1 unspecified atom stereocenters. The van der Waals surface area contributed by atoms with E-state index in [4.69, 9.17) is 5.11 Å². The Balaban J connectivity index is 2.05. The largest absolute Gasteiger partial charge is 0.505 e. The van der Waals surface area contributed by atoms with Gasteiger partial charge in [-0.25, -0.2) is 4.39 Å². The Morgan fingerprint density at radius 2 is 2.36 bits per heavy atom. The van der Waals surface area contributed by atoms with Crippen LogP contribution in [-0.2, 0) is 0 Å². The van der Waals surface area contributed by atoms with Crippen LogP contribution in [0.5, 0.6) is 5.75 Å². The van der Waals surface area contributed by atoms with Crippen LogP contribution in [0.2, 0.25) is 0 Å². The van der Waals surface area contributed by atoms with Gasteiger partial charge in [0, 0.05) is 23.5 Å². The minimum atomic E-state index is -0.569. The van der Waals surface area contributed by atoms with E-state index < -0.39 is 5.82 Å². The van der Waals surface area contributed by atoms with Gasteiger partial charge >= 0.3 is 0 Å². The van der Waals surface area contributed by atoms with E-state index in [1.54, 1.807) is 6.07 Å². The zero-order valence-electron chi connectivity index (χ0n) is 7.66. The number of hydrogen-bond donors (Lipinski definition) is 2. The average molecular weight is 213 g/mol. The predicted octanol–water partition coefficient (Wildman–Crippen LogP) is 2.45. The number of benzene rings is 1. The van der Waals surface area contributed by atoms with Gasteiger partial charge in [0.2, 0.25) is 0 Å². The second-order valence-corrected chi connectivity index (χ2v) is 4.52. The molecule has 0 spiro atoms. The Kier molecular flexibility index (Phi) is 2.82. The molecule has 0 saturated carbocycles. The summed E-state index contributed by atoms with van der Waals surface area (Å²) in [6.07, 6.45) is 1.12. The molecule has 1 atom stereocenters. The van der Waals surface area contributed by atoms with E-state index >= 15 is 0 Å². The van der Waals surface area contributed by atoms with Gasteiger partial charge in [-0.05, 0) is 24.3 Å². The van der Waals surface area contributed by atoms with Crippen molar-refractivity contribution in [1.82, 2.24) is 0 Å². The molecule has 1 aromatic rings. The Labute approximate surface area is 86.5 Å². The maximum absolute atomic E-state index is 13.0. The fraction of sp³-hybridized carbons (Fsp3) is 0.400. The Bertz CT molecular complexity index is 326. The third kappa shape index (κ3) is 2.12. The van der Waals surface area contributed by atoms with E-state index in [1.165, 1.54) is 12.1 Å². The Hall–Kier alpha value is -0.900. The number of anilines is 1. The highest BCUT2D eigenvalue weighted by molar-refractivity contribution is 7.99. The Morgan fingerprint density at radius 3 is 3.00 bits per heavy atom. The highest BCUT2D eigenvalue weighted by Crippen LogP contribution is 2.24. The number of hydrogen-bond acceptors (Lipinski definition) is 3. The highest BCUT2D eigenvalue weighted by atomic mass is 32.2. The zero-order chi connectivity index (χ0) is 9.97. The maximum atomic E-state index is 13.0. The molecule has 2 N–H and O–H groups in total. The lowest BCUT2D eigenvalue weighted by atomic mass is 10.2. The molecule has 0 aliphatic carbocycles. The normalized spacial score (nSPS) is 21.1.